The van der Waals surface area contributed by atoms with Crippen LogP contribution in [0.4, 0.5) is 28.4 Å². The standard InChI is InChI=1S/C70H67BN2O2S/c1-8-11-19-43-26-30-47(31-27-43)73-58-42-62-50(51-39-55-56(41-61(51)74-62)70(6,7)35-34-69(55,4)5)38-53(58)64-65-59(40-52-48-24-17-18-25-60(48)75-67(52)64)72(57-32-28-44(20-12-9-2)36-49(57)46-22-15-14-16-23-46)66-54-37-45(21-13-10-3)29-33-63(54)76-68(66)71(65)73/h14-18,22-33,36-42H,8-13,19-21,34-35H2,1-7H3. The maximum Gasteiger partial charge on any atom is 0.343 e. The molecular weight excluding hydrogens is 944 g/mol. The van der Waals surface area contributed by atoms with E-state index in [0.29, 0.717) is 0 Å². The van der Waals surface area contributed by atoms with Crippen LogP contribution in [-0.2, 0) is 30.1 Å². The van der Waals surface area contributed by atoms with Crippen LogP contribution >= 0.6 is 11.3 Å². The maximum atomic E-state index is 7.31. The molecule has 0 atom stereocenters. The number of rotatable bonds is 12. The molecule has 0 N–H and O–H groups in total. The van der Waals surface area contributed by atoms with Gasteiger partial charge in [0, 0.05) is 76.2 Å². The van der Waals surface area contributed by atoms with Crippen LogP contribution in [-0.4, -0.2) is 6.85 Å². The first-order chi connectivity index (χ1) is 37.0. The van der Waals surface area contributed by atoms with Crippen LogP contribution in [0, 0.1) is 0 Å². The summed E-state index contributed by atoms with van der Waals surface area (Å²) in [7, 11) is 0. The van der Waals surface area contributed by atoms with Crippen LogP contribution in [0.3, 0.4) is 0 Å². The molecule has 3 aliphatic rings. The first-order valence-corrected chi connectivity index (χ1v) is 29.3. The third-order valence-electron chi connectivity index (χ3n) is 17.8. The Morgan fingerprint density at radius 2 is 1.16 bits per heavy atom. The van der Waals surface area contributed by atoms with Crippen molar-refractivity contribution in [1.29, 1.82) is 0 Å². The Morgan fingerprint density at radius 1 is 0.513 bits per heavy atom. The number of thiophene rings is 1. The summed E-state index contributed by atoms with van der Waals surface area (Å²) < 4.78 is 17.1. The van der Waals surface area contributed by atoms with Crippen LogP contribution in [0.5, 0.6) is 0 Å². The first-order valence-electron chi connectivity index (χ1n) is 28.5. The van der Waals surface area contributed by atoms with Crippen molar-refractivity contribution in [3.8, 4) is 22.3 Å². The van der Waals surface area contributed by atoms with Gasteiger partial charge in [-0.05, 0) is 168 Å². The molecule has 4 nitrogen and oxygen atoms in total. The molecule has 1 aliphatic carbocycles. The Bertz CT molecular complexity index is 4100. The van der Waals surface area contributed by atoms with Gasteiger partial charge in [0.05, 0.1) is 11.4 Å². The molecule has 76 heavy (non-hydrogen) atoms. The van der Waals surface area contributed by atoms with Gasteiger partial charge in [-0.2, -0.15) is 0 Å². The summed E-state index contributed by atoms with van der Waals surface area (Å²) >= 11 is 1.97. The second kappa shape index (κ2) is 18.1. The quantitative estimate of drug-likeness (QED) is 0.114. The van der Waals surface area contributed by atoms with Crippen molar-refractivity contribution < 1.29 is 8.83 Å². The van der Waals surface area contributed by atoms with Gasteiger partial charge in [-0.1, -0.05) is 141 Å². The Morgan fingerprint density at radius 3 is 1.91 bits per heavy atom. The number of anilines is 5. The van der Waals surface area contributed by atoms with E-state index >= 15 is 0 Å². The van der Waals surface area contributed by atoms with E-state index in [9.17, 15) is 0 Å². The maximum absolute atomic E-state index is 7.31. The molecule has 0 unspecified atom stereocenters. The van der Waals surface area contributed by atoms with Crippen LogP contribution < -0.4 is 20.0 Å². The van der Waals surface area contributed by atoms with Gasteiger partial charge >= 0.3 is 6.85 Å². The van der Waals surface area contributed by atoms with Gasteiger partial charge in [-0.3, -0.25) is 0 Å². The fourth-order valence-electron chi connectivity index (χ4n) is 13.5. The molecule has 5 heterocycles. The highest BCUT2D eigenvalue weighted by molar-refractivity contribution is 7.32. The Labute approximate surface area is 452 Å². The lowest BCUT2D eigenvalue weighted by Gasteiger charge is -2.45. The molecule has 378 valence electrons. The third-order valence-corrected chi connectivity index (χ3v) is 19.0. The van der Waals surface area contributed by atoms with E-state index in [-0.39, 0.29) is 17.7 Å². The van der Waals surface area contributed by atoms with Crippen molar-refractivity contribution in [2.45, 2.75) is 130 Å². The summed E-state index contributed by atoms with van der Waals surface area (Å²) in [4.78, 5) is 5.37. The van der Waals surface area contributed by atoms with E-state index in [1.54, 1.807) is 0 Å². The molecule has 2 aliphatic heterocycles. The molecule has 0 saturated heterocycles. The lowest BCUT2D eigenvalue weighted by Crippen LogP contribution is -2.60. The van der Waals surface area contributed by atoms with Crippen molar-refractivity contribution in [2.75, 3.05) is 9.71 Å². The SMILES string of the molecule is CCCCc1ccc(N2B3c4sc5ccc(CCCC)cc5c4N(c4ccc(CCCC)cc4-c4ccccc4)c4cc5c(oc6ccccc65)c(c43)-c3cc4c(cc32)oc2cc3c(cc24)C(C)(C)CCC3(C)C)cc1. The summed E-state index contributed by atoms with van der Waals surface area (Å²) in [6.45, 7) is 16.4. The molecule has 0 radical (unpaired) electrons. The Hall–Kier alpha value is -7.02. The monoisotopic (exact) mass is 1010 g/mol. The minimum atomic E-state index is -0.181. The smallest absolute Gasteiger partial charge is 0.343 e. The predicted molar refractivity (Wildman–Crippen MR) is 327 cm³/mol. The number of benzene rings is 8. The fraction of sp³-hybridized carbons (Fsp3) is 0.286. The third kappa shape index (κ3) is 7.37. The lowest BCUT2D eigenvalue weighted by atomic mass is 9.46. The van der Waals surface area contributed by atoms with Crippen molar-refractivity contribution in [3.05, 3.63) is 173 Å². The molecular formula is C70H67BN2O2S. The predicted octanol–water partition coefficient (Wildman–Crippen LogP) is 19.5. The molecule has 0 fully saturated rings. The number of hydrogen-bond donors (Lipinski definition) is 0. The van der Waals surface area contributed by atoms with E-state index in [2.05, 4.69) is 204 Å². The van der Waals surface area contributed by atoms with Gasteiger partial charge in [0.15, 0.2) is 0 Å². The number of hydrogen-bond acceptors (Lipinski definition) is 5. The van der Waals surface area contributed by atoms with Gasteiger partial charge in [0.1, 0.15) is 22.3 Å². The molecule has 0 saturated carbocycles. The summed E-state index contributed by atoms with van der Waals surface area (Å²) in [6, 6.07) is 56.3. The van der Waals surface area contributed by atoms with Gasteiger partial charge in [-0.25, -0.2) is 0 Å². The van der Waals surface area contributed by atoms with Crippen LogP contribution in [0.15, 0.2) is 154 Å². The van der Waals surface area contributed by atoms with Crippen molar-refractivity contribution >= 4 is 111 Å². The van der Waals surface area contributed by atoms with Crippen molar-refractivity contribution in [3.63, 3.8) is 0 Å². The van der Waals surface area contributed by atoms with Crippen molar-refractivity contribution in [2.24, 2.45) is 0 Å². The number of nitrogens with zero attached hydrogens (tertiary/aromatic N) is 2. The highest BCUT2D eigenvalue weighted by atomic mass is 32.1. The van der Waals surface area contributed by atoms with Gasteiger partial charge in [0.25, 0.3) is 0 Å². The first kappa shape index (κ1) is 47.4. The van der Waals surface area contributed by atoms with Gasteiger partial charge < -0.3 is 18.5 Å². The van der Waals surface area contributed by atoms with Crippen LogP contribution in [0.1, 0.15) is 128 Å². The summed E-state index contributed by atoms with van der Waals surface area (Å²) in [5, 5.41) is 5.91. The molecule has 8 aromatic carbocycles. The normalized spacial score (nSPS) is 15.3. The van der Waals surface area contributed by atoms with Gasteiger partial charge in [0.2, 0.25) is 0 Å². The highest BCUT2D eigenvalue weighted by Gasteiger charge is 2.49. The zero-order valence-electron chi connectivity index (χ0n) is 45.3. The number of furan rings is 2. The summed E-state index contributed by atoms with van der Waals surface area (Å²) in [5.74, 6) is 0. The van der Waals surface area contributed by atoms with E-state index < -0.39 is 0 Å². The van der Waals surface area contributed by atoms with Crippen molar-refractivity contribution in [1.82, 2.24) is 0 Å². The minimum Gasteiger partial charge on any atom is -0.456 e. The molecule has 6 heteroatoms. The zero-order chi connectivity index (χ0) is 51.6. The number of aryl methyl sites for hydroxylation is 3. The molecule has 11 aromatic rings. The van der Waals surface area contributed by atoms with Crippen LogP contribution in [0.2, 0.25) is 0 Å². The Balaban J connectivity index is 1.14. The van der Waals surface area contributed by atoms with E-state index in [4.69, 9.17) is 8.83 Å². The van der Waals surface area contributed by atoms with E-state index in [1.165, 1.54) is 111 Å². The largest absolute Gasteiger partial charge is 0.456 e. The second-order valence-corrected chi connectivity index (χ2v) is 24.8. The zero-order valence-corrected chi connectivity index (χ0v) is 46.1. The molecule has 0 amide bonds. The highest BCUT2D eigenvalue weighted by Crippen LogP contribution is 2.56. The average Bonchev–Trinajstić information content (AvgIpc) is 4.24. The van der Waals surface area contributed by atoms with Gasteiger partial charge in [-0.15, -0.1) is 11.3 Å². The number of fused-ring (bicyclic) bond motifs is 14. The van der Waals surface area contributed by atoms with E-state index in [1.807, 2.05) is 11.3 Å². The fourth-order valence-corrected chi connectivity index (χ4v) is 14.8. The molecule has 14 rings (SSSR count). The average molecular weight is 1010 g/mol. The molecule has 0 spiro atoms. The summed E-state index contributed by atoms with van der Waals surface area (Å²) in [5.41, 5.74) is 22.9. The number of para-hydroxylation sites is 1. The minimum absolute atomic E-state index is 0.0537. The Kier molecular flexibility index (Phi) is 11.3. The number of unbranched alkanes of at least 4 members (excludes halogenated alkanes) is 3. The lowest BCUT2D eigenvalue weighted by molar-refractivity contribution is 0.332. The van der Waals surface area contributed by atoms with E-state index in [0.717, 1.165) is 102 Å². The molecule has 0 bridgehead atoms. The van der Waals surface area contributed by atoms with Crippen LogP contribution in [0.25, 0.3) is 76.2 Å². The molecule has 3 aromatic heterocycles. The topological polar surface area (TPSA) is 32.8 Å². The summed E-state index contributed by atoms with van der Waals surface area (Å²) in [6.07, 6.45) is 12.5. The second-order valence-electron chi connectivity index (χ2n) is 23.7.